The molecule has 0 amide bonds. The summed E-state index contributed by atoms with van der Waals surface area (Å²) in [7, 11) is 0. The van der Waals surface area contributed by atoms with E-state index in [0.717, 1.165) is 38.6 Å². The van der Waals surface area contributed by atoms with Crippen LogP contribution < -0.4 is 5.32 Å². The second-order valence-electron chi connectivity index (χ2n) is 3.90. The molecule has 0 aliphatic heterocycles. The third kappa shape index (κ3) is 5.27. The topological polar surface area (TPSA) is 21.3 Å². The molecule has 0 bridgehead atoms. The van der Waals surface area contributed by atoms with Crippen molar-refractivity contribution in [2.45, 2.75) is 51.5 Å². The molecule has 0 aromatic rings. The summed E-state index contributed by atoms with van der Waals surface area (Å²) >= 11 is 0. The molecular formula is C11H23NO. The molecule has 0 saturated heterocycles. The molecule has 13 heavy (non-hydrogen) atoms. The van der Waals surface area contributed by atoms with E-state index in [1.165, 1.54) is 25.7 Å². The van der Waals surface area contributed by atoms with Crippen molar-refractivity contribution in [1.82, 2.24) is 5.32 Å². The Morgan fingerprint density at radius 2 is 2.00 bits per heavy atom. The van der Waals surface area contributed by atoms with Crippen molar-refractivity contribution in [3.63, 3.8) is 0 Å². The number of ether oxygens (including phenoxy) is 1. The van der Waals surface area contributed by atoms with Crippen molar-refractivity contribution in [1.29, 1.82) is 0 Å². The first-order chi connectivity index (χ1) is 6.43. The van der Waals surface area contributed by atoms with Crippen LogP contribution in [0.2, 0.25) is 0 Å². The molecule has 0 aromatic carbocycles. The highest BCUT2D eigenvalue weighted by Crippen LogP contribution is 2.17. The van der Waals surface area contributed by atoms with E-state index < -0.39 is 0 Å². The lowest BCUT2D eigenvalue weighted by Crippen LogP contribution is -2.27. The van der Waals surface area contributed by atoms with E-state index in [-0.39, 0.29) is 0 Å². The molecule has 1 aliphatic carbocycles. The standard InChI is InChI=1S/C11H23NO/c1-2-9-13-10-5-8-12-11-6-3-4-7-11/h11-12H,2-10H2,1H3. The van der Waals surface area contributed by atoms with Crippen LogP contribution in [0.15, 0.2) is 0 Å². The summed E-state index contributed by atoms with van der Waals surface area (Å²) in [5.41, 5.74) is 0. The van der Waals surface area contributed by atoms with Gasteiger partial charge in [0, 0.05) is 19.3 Å². The average molecular weight is 185 g/mol. The van der Waals surface area contributed by atoms with Crippen molar-refractivity contribution in [3.05, 3.63) is 0 Å². The summed E-state index contributed by atoms with van der Waals surface area (Å²) in [6.07, 6.45) is 7.91. The van der Waals surface area contributed by atoms with Crippen LogP contribution in [0.5, 0.6) is 0 Å². The van der Waals surface area contributed by atoms with E-state index in [9.17, 15) is 0 Å². The predicted molar refractivity (Wildman–Crippen MR) is 56.0 cm³/mol. The normalized spacial score (nSPS) is 18.2. The monoisotopic (exact) mass is 185 g/mol. The molecule has 0 radical (unpaired) electrons. The number of hydrogen-bond donors (Lipinski definition) is 1. The maximum atomic E-state index is 5.41. The second kappa shape index (κ2) is 7.34. The van der Waals surface area contributed by atoms with Gasteiger partial charge in [-0.15, -0.1) is 0 Å². The van der Waals surface area contributed by atoms with Crippen LogP contribution in [-0.2, 0) is 4.74 Å². The van der Waals surface area contributed by atoms with Crippen molar-refractivity contribution in [2.24, 2.45) is 0 Å². The fourth-order valence-electron chi connectivity index (χ4n) is 1.86. The van der Waals surface area contributed by atoms with Gasteiger partial charge in [0.05, 0.1) is 0 Å². The highest BCUT2D eigenvalue weighted by Gasteiger charge is 2.12. The van der Waals surface area contributed by atoms with Crippen LogP contribution in [0.4, 0.5) is 0 Å². The summed E-state index contributed by atoms with van der Waals surface area (Å²) in [5, 5.41) is 3.58. The Bertz CT molecular complexity index is 111. The van der Waals surface area contributed by atoms with Crippen molar-refractivity contribution in [2.75, 3.05) is 19.8 Å². The number of nitrogens with one attached hydrogen (secondary N) is 1. The van der Waals surface area contributed by atoms with Crippen LogP contribution >= 0.6 is 0 Å². The van der Waals surface area contributed by atoms with E-state index in [0.29, 0.717) is 0 Å². The Morgan fingerprint density at radius 1 is 1.23 bits per heavy atom. The number of rotatable bonds is 7. The molecule has 78 valence electrons. The summed E-state index contributed by atoms with van der Waals surface area (Å²) in [6, 6.07) is 0.811. The first-order valence-corrected chi connectivity index (χ1v) is 5.74. The van der Waals surface area contributed by atoms with Gasteiger partial charge in [0.25, 0.3) is 0 Å². The fourth-order valence-corrected chi connectivity index (χ4v) is 1.86. The second-order valence-corrected chi connectivity index (χ2v) is 3.90. The summed E-state index contributed by atoms with van der Waals surface area (Å²) in [4.78, 5) is 0. The van der Waals surface area contributed by atoms with Gasteiger partial charge < -0.3 is 10.1 Å². The summed E-state index contributed by atoms with van der Waals surface area (Å²) < 4.78 is 5.41. The third-order valence-corrected chi connectivity index (χ3v) is 2.60. The van der Waals surface area contributed by atoms with E-state index in [1.54, 1.807) is 0 Å². The van der Waals surface area contributed by atoms with Gasteiger partial charge in [-0.2, -0.15) is 0 Å². The van der Waals surface area contributed by atoms with Crippen LogP contribution in [0.25, 0.3) is 0 Å². The Balaban J connectivity index is 1.78. The highest BCUT2D eigenvalue weighted by atomic mass is 16.5. The van der Waals surface area contributed by atoms with Gasteiger partial charge in [-0.3, -0.25) is 0 Å². The Labute approximate surface area is 82.0 Å². The van der Waals surface area contributed by atoms with Crippen molar-refractivity contribution >= 4 is 0 Å². The SMILES string of the molecule is CCCOCCCNC1CCCC1. The molecular weight excluding hydrogens is 162 g/mol. The Morgan fingerprint density at radius 3 is 2.69 bits per heavy atom. The van der Waals surface area contributed by atoms with Crippen LogP contribution in [0.1, 0.15) is 45.4 Å². The molecule has 1 saturated carbocycles. The zero-order valence-corrected chi connectivity index (χ0v) is 8.85. The lowest BCUT2D eigenvalue weighted by atomic mass is 10.2. The molecule has 2 nitrogen and oxygen atoms in total. The van der Waals surface area contributed by atoms with E-state index in [2.05, 4.69) is 12.2 Å². The minimum absolute atomic E-state index is 0.811. The van der Waals surface area contributed by atoms with Crippen molar-refractivity contribution in [3.8, 4) is 0 Å². The Hall–Kier alpha value is -0.0800. The quantitative estimate of drug-likeness (QED) is 0.615. The Kier molecular flexibility index (Phi) is 6.21. The maximum absolute atomic E-state index is 5.41. The fraction of sp³-hybridized carbons (Fsp3) is 1.00. The average Bonchev–Trinajstić information content (AvgIpc) is 2.63. The van der Waals surface area contributed by atoms with Gasteiger partial charge in [0.15, 0.2) is 0 Å². The summed E-state index contributed by atoms with van der Waals surface area (Å²) in [5.74, 6) is 0. The lowest BCUT2D eigenvalue weighted by molar-refractivity contribution is 0.131. The molecule has 1 N–H and O–H groups in total. The number of hydrogen-bond acceptors (Lipinski definition) is 2. The minimum Gasteiger partial charge on any atom is -0.381 e. The maximum Gasteiger partial charge on any atom is 0.0478 e. The van der Waals surface area contributed by atoms with Crippen LogP contribution in [-0.4, -0.2) is 25.8 Å². The predicted octanol–water partition coefficient (Wildman–Crippen LogP) is 2.34. The van der Waals surface area contributed by atoms with Gasteiger partial charge in [-0.05, 0) is 32.2 Å². The molecule has 0 spiro atoms. The first-order valence-electron chi connectivity index (χ1n) is 5.74. The zero-order valence-electron chi connectivity index (χ0n) is 8.85. The minimum atomic E-state index is 0.811. The van der Waals surface area contributed by atoms with Gasteiger partial charge in [0.2, 0.25) is 0 Å². The molecule has 1 rings (SSSR count). The molecule has 1 aliphatic rings. The van der Waals surface area contributed by atoms with Gasteiger partial charge >= 0.3 is 0 Å². The smallest absolute Gasteiger partial charge is 0.0478 e. The largest absolute Gasteiger partial charge is 0.381 e. The third-order valence-electron chi connectivity index (χ3n) is 2.60. The van der Waals surface area contributed by atoms with Gasteiger partial charge in [0.1, 0.15) is 0 Å². The molecule has 0 unspecified atom stereocenters. The summed E-state index contributed by atoms with van der Waals surface area (Å²) in [6.45, 7) is 5.13. The van der Waals surface area contributed by atoms with Gasteiger partial charge in [-0.1, -0.05) is 19.8 Å². The van der Waals surface area contributed by atoms with Crippen molar-refractivity contribution < 1.29 is 4.74 Å². The molecule has 1 fully saturated rings. The lowest BCUT2D eigenvalue weighted by Gasteiger charge is -2.11. The molecule has 0 heterocycles. The van der Waals surface area contributed by atoms with E-state index in [1.807, 2.05) is 0 Å². The first kappa shape index (κ1) is 11.0. The zero-order chi connectivity index (χ0) is 9.36. The van der Waals surface area contributed by atoms with Gasteiger partial charge in [-0.25, -0.2) is 0 Å². The molecule has 0 aromatic heterocycles. The van der Waals surface area contributed by atoms with Crippen LogP contribution in [0.3, 0.4) is 0 Å². The highest BCUT2D eigenvalue weighted by molar-refractivity contribution is 4.72. The van der Waals surface area contributed by atoms with E-state index >= 15 is 0 Å². The van der Waals surface area contributed by atoms with E-state index in [4.69, 9.17) is 4.74 Å². The molecule has 0 atom stereocenters. The van der Waals surface area contributed by atoms with Crippen LogP contribution in [0, 0.1) is 0 Å². The molecule has 2 heteroatoms.